The van der Waals surface area contributed by atoms with Crippen molar-refractivity contribution in [3.8, 4) is 11.5 Å². The molecule has 0 aliphatic rings. The summed E-state index contributed by atoms with van der Waals surface area (Å²) in [6.07, 6.45) is 8.87. The van der Waals surface area contributed by atoms with Crippen molar-refractivity contribution in [3.05, 3.63) is 137 Å². The first-order valence-electron chi connectivity index (χ1n) is 14.1. The Kier molecular flexibility index (Phi) is 11.1. The zero-order valence-electron chi connectivity index (χ0n) is 24.0. The molecule has 6 heteroatoms. The van der Waals surface area contributed by atoms with Gasteiger partial charge in [-0.1, -0.05) is 98.8 Å². The summed E-state index contributed by atoms with van der Waals surface area (Å²) in [4.78, 5) is 25.5. The summed E-state index contributed by atoms with van der Waals surface area (Å²) in [5.41, 5.74) is 5.39. The van der Waals surface area contributed by atoms with Gasteiger partial charge in [-0.15, -0.1) is 0 Å². The van der Waals surface area contributed by atoms with Gasteiger partial charge in [-0.3, -0.25) is 4.79 Å². The number of hydrogen-bond acceptors (Lipinski definition) is 4. The highest BCUT2D eigenvalue weighted by atomic mass is 16.5. The Balaban J connectivity index is 1.30. The van der Waals surface area contributed by atoms with Crippen molar-refractivity contribution in [1.29, 1.82) is 0 Å². The molecule has 4 rings (SSSR count). The third-order valence-electron chi connectivity index (χ3n) is 6.61. The molecule has 0 bridgehead atoms. The summed E-state index contributed by atoms with van der Waals surface area (Å²) in [6, 6.07) is 30.2. The Morgan fingerprint density at radius 2 is 1.48 bits per heavy atom. The van der Waals surface area contributed by atoms with E-state index in [0.29, 0.717) is 23.7 Å². The molecule has 0 aliphatic heterocycles. The molecule has 0 unspecified atom stereocenters. The first-order chi connectivity index (χ1) is 20.6. The van der Waals surface area contributed by atoms with E-state index in [0.717, 1.165) is 40.8 Å². The molecule has 0 aromatic heterocycles. The molecule has 0 aliphatic carbocycles. The minimum Gasteiger partial charge on any atom is -0.489 e. The number of aryl methyl sites for hydroxylation is 2. The van der Waals surface area contributed by atoms with Gasteiger partial charge in [-0.2, -0.15) is 0 Å². The van der Waals surface area contributed by atoms with Gasteiger partial charge in [0.1, 0.15) is 18.1 Å². The standard InChI is InChI=1S/C36H36N2O4/c1-3-28-17-10-18-29(4-2)35(28)38-36(40)37-26-42-32-20-11-19-31(25-32)33(39)23-22-30-16-8-9-21-34(30)41-24-12-15-27-13-6-5-7-14-27/h5-23,25H,3-4,24,26H2,1-2H3,(H2,37,38,40). The van der Waals surface area contributed by atoms with Crippen LogP contribution in [0.5, 0.6) is 11.5 Å². The van der Waals surface area contributed by atoms with Gasteiger partial charge in [0.15, 0.2) is 12.5 Å². The maximum Gasteiger partial charge on any atom is 0.321 e. The number of anilines is 1. The fraction of sp³-hybridized carbons (Fsp3) is 0.167. The largest absolute Gasteiger partial charge is 0.489 e. The van der Waals surface area contributed by atoms with Crippen molar-refractivity contribution in [1.82, 2.24) is 5.32 Å². The van der Waals surface area contributed by atoms with Gasteiger partial charge in [0.05, 0.1) is 0 Å². The molecule has 6 nitrogen and oxygen atoms in total. The van der Waals surface area contributed by atoms with Crippen molar-refractivity contribution in [3.63, 3.8) is 0 Å². The van der Waals surface area contributed by atoms with Crippen LogP contribution in [0.25, 0.3) is 12.2 Å². The Morgan fingerprint density at radius 1 is 0.762 bits per heavy atom. The molecule has 4 aromatic carbocycles. The van der Waals surface area contributed by atoms with Crippen molar-refractivity contribution in [2.75, 3.05) is 18.7 Å². The summed E-state index contributed by atoms with van der Waals surface area (Å²) in [7, 11) is 0. The second-order valence-electron chi connectivity index (χ2n) is 9.47. The second kappa shape index (κ2) is 15.6. The molecule has 0 fully saturated rings. The van der Waals surface area contributed by atoms with E-state index < -0.39 is 0 Å². The fourth-order valence-corrected chi connectivity index (χ4v) is 4.38. The van der Waals surface area contributed by atoms with Crippen LogP contribution in [0.1, 0.15) is 46.5 Å². The molecule has 2 N–H and O–H groups in total. The van der Waals surface area contributed by atoms with Crippen LogP contribution in [0.15, 0.2) is 109 Å². The zero-order chi connectivity index (χ0) is 29.6. The van der Waals surface area contributed by atoms with Gasteiger partial charge in [0.2, 0.25) is 0 Å². The lowest BCUT2D eigenvalue weighted by Gasteiger charge is -2.15. The van der Waals surface area contributed by atoms with Crippen LogP contribution in [0.2, 0.25) is 0 Å². The fourth-order valence-electron chi connectivity index (χ4n) is 4.38. The Morgan fingerprint density at radius 3 is 2.24 bits per heavy atom. The lowest BCUT2D eigenvalue weighted by Crippen LogP contribution is -2.32. The van der Waals surface area contributed by atoms with Gasteiger partial charge in [-0.25, -0.2) is 4.79 Å². The number of urea groups is 1. The monoisotopic (exact) mass is 560 g/mol. The van der Waals surface area contributed by atoms with Crippen LogP contribution in [-0.4, -0.2) is 25.2 Å². The third kappa shape index (κ3) is 8.70. The molecule has 2 amide bonds. The lowest BCUT2D eigenvalue weighted by molar-refractivity contribution is 0.104. The van der Waals surface area contributed by atoms with Gasteiger partial charge >= 0.3 is 6.03 Å². The van der Waals surface area contributed by atoms with Crippen LogP contribution in [0, 0.1) is 0 Å². The summed E-state index contributed by atoms with van der Waals surface area (Å²) < 4.78 is 11.6. The normalized spacial score (nSPS) is 11.0. The van der Waals surface area contributed by atoms with Crippen LogP contribution < -0.4 is 20.1 Å². The second-order valence-corrected chi connectivity index (χ2v) is 9.47. The lowest BCUT2D eigenvalue weighted by atomic mass is 10.0. The van der Waals surface area contributed by atoms with E-state index in [2.05, 4.69) is 24.5 Å². The predicted molar refractivity (Wildman–Crippen MR) is 170 cm³/mol. The number of hydrogen-bond donors (Lipinski definition) is 2. The number of allylic oxidation sites excluding steroid dienone is 1. The Bertz CT molecular complexity index is 1520. The van der Waals surface area contributed by atoms with Crippen LogP contribution in [0.4, 0.5) is 10.5 Å². The summed E-state index contributed by atoms with van der Waals surface area (Å²) >= 11 is 0. The average Bonchev–Trinajstić information content (AvgIpc) is 3.03. The number of carbonyl (C=O) groups is 2. The molecule has 4 aromatic rings. The molecule has 214 valence electrons. The van der Waals surface area contributed by atoms with E-state index in [9.17, 15) is 9.59 Å². The van der Waals surface area contributed by atoms with Gasteiger partial charge in [0.25, 0.3) is 0 Å². The molecule has 0 radical (unpaired) electrons. The number of nitrogens with one attached hydrogen (secondary N) is 2. The molecular formula is C36H36N2O4. The number of para-hydroxylation sites is 2. The van der Waals surface area contributed by atoms with Gasteiger partial charge < -0.3 is 20.1 Å². The maximum absolute atomic E-state index is 12.9. The van der Waals surface area contributed by atoms with Crippen LogP contribution in [0.3, 0.4) is 0 Å². The smallest absolute Gasteiger partial charge is 0.321 e. The average molecular weight is 561 g/mol. The minimum absolute atomic E-state index is 0.0432. The predicted octanol–water partition coefficient (Wildman–Crippen LogP) is 7.96. The molecule has 0 saturated carbocycles. The summed E-state index contributed by atoms with van der Waals surface area (Å²) in [5, 5.41) is 5.67. The number of carbonyl (C=O) groups excluding carboxylic acids is 2. The highest BCUT2D eigenvalue weighted by Gasteiger charge is 2.10. The zero-order valence-corrected chi connectivity index (χ0v) is 24.0. The topological polar surface area (TPSA) is 76.7 Å². The number of ether oxygens (including phenoxy) is 2. The van der Waals surface area contributed by atoms with Gasteiger partial charge in [0, 0.05) is 16.8 Å². The van der Waals surface area contributed by atoms with Crippen molar-refractivity contribution >= 4 is 29.7 Å². The van der Waals surface area contributed by atoms with Crippen LogP contribution >= 0.6 is 0 Å². The van der Waals surface area contributed by atoms with Crippen molar-refractivity contribution in [2.24, 2.45) is 0 Å². The third-order valence-corrected chi connectivity index (χ3v) is 6.61. The van der Waals surface area contributed by atoms with Crippen LogP contribution in [-0.2, 0) is 12.8 Å². The van der Waals surface area contributed by atoms with Crippen molar-refractivity contribution < 1.29 is 19.1 Å². The molecule has 42 heavy (non-hydrogen) atoms. The first kappa shape index (κ1) is 29.9. The summed E-state index contributed by atoms with van der Waals surface area (Å²) in [6.45, 7) is 4.48. The first-order valence-corrected chi connectivity index (χ1v) is 14.1. The number of amides is 2. The van der Waals surface area contributed by atoms with E-state index >= 15 is 0 Å². The van der Waals surface area contributed by atoms with E-state index in [1.165, 1.54) is 6.08 Å². The highest BCUT2D eigenvalue weighted by Crippen LogP contribution is 2.23. The van der Waals surface area contributed by atoms with E-state index in [1.54, 1.807) is 30.3 Å². The molecule has 0 atom stereocenters. The Labute approximate surface area is 247 Å². The maximum atomic E-state index is 12.9. The molecule has 0 saturated heterocycles. The number of ketones is 1. The SMILES string of the molecule is CCc1cccc(CC)c1NC(=O)NCOc1cccc(C(=O)C=Cc2ccccc2OCC=Cc2ccccc2)c1. The molecular weight excluding hydrogens is 524 g/mol. The Hall–Kier alpha value is -5.10. The quantitative estimate of drug-likeness (QED) is 0.0988. The van der Waals surface area contributed by atoms with E-state index in [4.69, 9.17) is 9.47 Å². The van der Waals surface area contributed by atoms with E-state index in [-0.39, 0.29) is 18.5 Å². The number of rotatable bonds is 13. The van der Waals surface area contributed by atoms with Crippen molar-refractivity contribution in [2.45, 2.75) is 26.7 Å². The minimum atomic E-state index is -0.350. The highest BCUT2D eigenvalue weighted by molar-refractivity contribution is 6.07. The molecule has 0 heterocycles. The number of benzene rings is 4. The summed E-state index contributed by atoms with van der Waals surface area (Å²) in [5.74, 6) is 0.994. The molecule has 0 spiro atoms. The van der Waals surface area contributed by atoms with E-state index in [1.807, 2.05) is 84.9 Å². The van der Waals surface area contributed by atoms with Gasteiger partial charge in [-0.05, 0) is 66.0 Å².